The molecular weight excluding hydrogens is 668 g/mol. The van der Waals surface area contributed by atoms with E-state index in [1.165, 1.54) is 11.0 Å². The van der Waals surface area contributed by atoms with Crippen LogP contribution < -0.4 is 15.5 Å². The highest BCUT2D eigenvalue weighted by atomic mass is 28.2. The highest BCUT2D eigenvalue weighted by molar-refractivity contribution is 6.32. The van der Waals surface area contributed by atoms with E-state index in [0.717, 1.165) is 17.3 Å². The second-order valence-corrected chi connectivity index (χ2v) is 15.6. The summed E-state index contributed by atoms with van der Waals surface area (Å²) in [6.45, 7) is 11.2. The van der Waals surface area contributed by atoms with Gasteiger partial charge in [0.25, 0.3) is 0 Å². The highest BCUT2D eigenvalue weighted by Crippen LogP contribution is 2.50. The summed E-state index contributed by atoms with van der Waals surface area (Å²) in [5, 5.41) is -0.276. The van der Waals surface area contributed by atoms with Crippen molar-refractivity contribution < 1.29 is 31.9 Å². The lowest BCUT2D eigenvalue weighted by atomic mass is 9.74. The van der Waals surface area contributed by atoms with Crippen LogP contribution in [0.2, 0.25) is 5.04 Å². The normalized spacial score (nSPS) is 18.3. The Bertz CT molecular complexity index is 1800. The van der Waals surface area contributed by atoms with Crippen LogP contribution in [0.1, 0.15) is 51.4 Å². The van der Waals surface area contributed by atoms with Crippen LogP contribution >= 0.6 is 0 Å². The Labute approximate surface area is 290 Å². The van der Waals surface area contributed by atoms with Crippen molar-refractivity contribution in [2.75, 3.05) is 41.8 Å². The van der Waals surface area contributed by atoms with Crippen molar-refractivity contribution >= 4 is 33.6 Å². The largest absolute Gasteiger partial charge is 0.441 e. The number of nitrogens with zero attached hydrogens (tertiary/aromatic N) is 6. The Morgan fingerprint density at radius 3 is 2.10 bits per heavy atom. The van der Waals surface area contributed by atoms with E-state index in [-0.39, 0.29) is 32.3 Å². The molecule has 0 saturated carbocycles. The first-order valence-electron chi connectivity index (χ1n) is 16.1. The molecule has 4 aromatic rings. The van der Waals surface area contributed by atoms with Crippen LogP contribution in [-0.2, 0) is 25.7 Å². The van der Waals surface area contributed by atoms with Crippen LogP contribution in [0.3, 0.4) is 0 Å². The smallest absolute Gasteiger partial charge is 0.434 e. The van der Waals surface area contributed by atoms with Crippen molar-refractivity contribution in [3.05, 3.63) is 89.7 Å². The number of nitrogens with two attached hydrogens (primary N) is 1. The zero-order chi connectivity index (χ0) is 35.9. The van der Waals surface area contributed by atoms with Crippen molar-refractivity contribution in [2.24, 2.45) is 0 Å². The van der Waals surface area contributed by atoms with Gasteiger partial charge in [-0.25, -0.2) is 19.7 Å². The minimum Gasteiger partial charge on any atom is -0.441 e. The Kier molecular flexibility index (Phi) is 9.35. The summed E-state index contributed by atoms with van der Waals surface area (Å²) in [5.41, 5.74) is 2.72. The molecule has 2 aliphatic heterocycles. The summed E-state index contributed by atoms with van der Waals surface area (Å²) in [7, 11) is -0.0488. The number of nitrogen functional groups attached to an aromatic ring is 1. The summed E-state index contributed by atoms with van der Waals surface area (Å²) in [6, 6.07) is 19.5. The molecule has 0 aliphatic carbocycles. The van der Waals surface area contributed by atoms with E-state index in [4.69, 9.17) is 24.6 Å². The van der Waals surface area contributed by atoms with E-state index in [1.54, 1.807) is 18.7 Å². The lowest BCUT2D eigenvalue weighted by Gasteiger charge is -2.47. The van der Waals surface area contributed by atoms with Crippen molar-refractivity contribution in [2.45, 2.75) is 63.1 Å². The van der Waals surface area contributed by atoms with Gasteiger partial charge in [-0.05, 0) is 30.0 Å². The lowest BCUT2D eigenvalue weighted by Crippen LogP contribution is -2.59. The molecule has 6 rings (SSSR count). The summed E-state index contributed by atoms with van der Waals surface area (Å²) < 4.78 is 62.0. The molecule has 4 heterocycles. The Balaban J connectivity index is 1.64. The number of cyclic esters (lactones) is 1. The summed E-state index contributed by atoms with van der Waals surface area (Å²) in [5.74, 6) is -0.425. The number of benzene rings is 2. The first-order valence-corrected chi connectivity index (χ1v) is 17.0. The predicted octanol–water partition coefficient (Wildman–Crippen LogP) is 6.27. The number of amides is 1. The molecule has 2 aromatic heterocycles. The second kappa shape index (κ2) is 13.3. The van der Waals surface area contributed by atoms with Crippen LogP contribution in [0, 0.1) is 0 Å². The monoisotopic (exact) mass is 705 g/mol. The number of anilines is 3. The van der Waals surface area contributed by atoms with Gasteiger partial charge in [0, 0.05) is 30.9 Å². The highest BCUT2D eigenvalue weighted by Gasteiger charge is 2.61. The van der Waals surface area contributed by atoms with Gasteiger partial charge >= 0.3 is 12.3 Å². The molecule has 2 fully saturated rings. The summed E-state index contributed by atoms with van der Waals surface area (Å²) in [4.78, 5) is 34.2. The van der Waals surface area contributed by atoms with Crippen LogP contribution in [0.15, 0.2) is 72.9 Å². The predicted molar refractivity (Wildman–Crippen MR) is 183 cm³/mol. The minimum atomic E-state index is -4.88. The van der Waals surface area contributed by atoms with Gasteiger partial charge in [0.2, 0.25) is 21.7 Å². The van der Waals surface area contributed by atoms with Gasteiger partial charge < -0.3 is 24.5 Å². The number of ether oxygens (including phenoxy) is 2. The molecule has 262 valence electrons. The standard InChI is InChI=1S/C35H38F3N7O4Si/c1-32(2,3)50-49-34(22-12-8-6-9-13-22,23-14-10-7-11-15-23)28-33(4,5)48-31(46)45(28)26-20-25(41-30(42-26)44-16-18-47-19-17-44)24-21-40-29(39)43-27(24)35(36,37)38/h6-15,20-21,28H,16-19H2,1-5H3,(H2,39,40,43)/t28-/m0/s1. The molecule has 1 amide bonds. The minimum absolute atomic E-state index is 0.0148. The third kappa shape index (κ3) is 6.89. The Hall–Kier alpha value is -4.60. The maximum atomic E-state index is 14.4. The van der Waals surface area contributed by atoms with E-state index >= 15 is 0 Å². The number of aromatic nitrogens is 4. The van der Waals surface area contributed by atoms with Crippen molar-refractivity contribution in [1.29, 1.82) is 0 Å². The quantitative estimate of drug-likeness (QED) is 0.210. The third-order valence-electron chi connectivity index (χ3n) is 8.37. The third-order valence-corrected chi connectivity index (χ3v) is 9.40. The van der Waals surface area contributed by atoms with Gasteiger partial charge in [-0.15, -0.1) is 0 Å². The fourth-order valence-electron chi connectivity index (χ4n) is 6.29. The molecule has 11 nitrogen and oxygen atoms in total. The molecule has 0 bridgehead atoms. The van der Waals surface area contributed by atoms with Gasteiger partial charge in [-0.1, -0.05) is 81.4 Å². The van der Waals surface area contributed by atoms with E-state index in [2.05, 4.69) is 35.7 Å². The first-order chi connectivity index (χ1) is 23.6. The van der Waals surface area contributed by atoms with Gasteiger partial charge in [0.05, 0.1) is 18.9 Å². The topological polar surface area (TPSA) is 129 Å². The van der Waals surface area contributed by atoms with Crippen molar-refractivity contribution in [3.8, 4) is 11.3 Å². The van der Waals surface area contributed by atoms with Crippen LogP contribution in [0.4, 0.5) is 35.7 Å². The Morgan fingerprint density at radius 2 is 1.54 bits per heavy atom. The molecular formula is C35H38F3N7O4Si. The molecule has 2 N–H and O–H groups in total. The molecule has 50 heavy (non-hydrogen) atoms. The van der Waals surface area contributed by atoms with E-state index in [1.807, 2.05) is 60.7 Å². The van der Waals surface area contributed by atoms with Crippen LogP contribution in [0.5, 0.6) is 0 Å². The number of hydrogen-bond acceptors (Lipinski definition) is 10. The lowest BCUT2D eigenvalue weighted by molar-refractivity contribution is -0.140. The number of alkyl halides is 3. The molecule has 0 spiro atoms. The van der Waals surface area contributed by atoms with E-state index < -0.39 is 46.7 Å². The van der Waals surface area contributed by atoms with Crippen LogP contribution in [0.25, 0.3) is 11.3 Å². The maximum Gasteiger partial charge on any atom is 0.434 e. The molecule has 2 aliphatic rings. The van der Waals surface area contributed by atoms with Gasteiger partial charge in [-0.3, -0.25) is 4.90 Å². The average Bonchev–Trinajstić information content (AvgIpc) is 3.33. The molecule has 0 unspecified atom stereocenters. The number of morpholine rings is 1. The van der Waals surface area contributed by atoms with Crippen LogP contribution in [-0.4, -0.2) is 73.7 Å². The number of hydrogen-bond donors (Lipinski definition) is 1. The van der Waals surface area contributed by atoms with Gasteiger partial charge in [0.15, 0.2) is 5.69 Å². The first kappa shape index (κ1) is 35.2. The van der Waals surface area contributed by atoms with Crippen molar-refractivity contribution in [3.63, 3.8) is 0 Å². The maximum absolute atomic E-state index is 14.4. The zero-order valence-electron chi connectivity index (χ0n) is 28.4. The SMILES string of the molecule is CC(C)(C)[Si]OC(c1ccccc1)(c1ccccc1)[C@H]1N(c2cc(-c3cnc(N)nc3C(F)(F)F)nc(N3CCOCC3)n2)C(=O)OC1(C)C. The number of halogens is 3. The van der Waals surface area contributed by atoms with E-state index in [0.29, 0.717) is 26.3 Å². The number of carbonyl (C=O) groups excluding carboxylic acids is 1. The molecule has 1 atom stereocenters. The van der Waals surface area contributed by atoms with Gasteiger partial charge in [-0.2, -0.15) is 18.2 Å². The fourth-order valence-corrected chi connectivity index (χ4v) is 7.11. The molecule has 2 aromatic carbocycles. The molecule has 15 heteroatoms. The molecule has 2 radical (unpaired) electrons. The van der Waals surface area contributed by atoms with Crippen molar-refractivity contribution in [1.82, 2.24) is 19.9 Å². The summed E-state index contributed by atoms with van der Waals surface area (Å²) in [6.07, 6.45) is -4.65. The molecule has 2 saturated heterocycles. The average molecular weight is 706 g/mol. The van der Waals surface area contributed by atoms with Gasteiger partial charge in [0.1, 0.15) is 23.1 Å². The van der Waals surface area contributed by atoms with E-state index in [9.17, 15) is 18.0 Å². The number of carbonyl (C=O) groups is 1. The summed E-state index contributed by atoms with van der Waals surface area (Å²) >= 11 is 0. The Morgan fingerprint density at radius 1 is 0.940 bits per heavy atom. The zero-order valence-corrected chi connectivity index (χ0v) is 29.4. The fraction of sp³-hybridized carbons (Fsp3) is 0.400. The second-order valence-electron chi connectivity index (χ2n) is 13.7. The number of rotatable bonds is 8.